The molecule has 84 valence electrons. The van der Waals surface area contributed by atoms with Gasteiger partial charge in [0.25, 0.3) is 0 Å². The molecule has 0 saturated carbocycles. The van der Waals surface area contributed by atoms with E-state index in [4.69, 9.17) is 9.15 Å². The zero-order valence-corrected chi connectivity index (χ0v) is 9.32. The van der Waals surface area contributed by atoms with Crippen LogP contribution in [0, 0.1) is 0 Å². The highest BCUT2D eigenvalue weighted by Gasteiger charge is 2.23. The maximum absolute atomic E-state index is 5.51. The molecule has 2 heterocycles. The van der Waals surface area contributed by atoms with Crippen LogP contribution in [-0.2, 0) is 17.7 Å². The number of oxazole rings is 1. The van der Waals surface area contributed by atoms with Crippen molar-refractivity contribution in [1.29, 1.82) is 0 Å². The van der Waals surface area contributed by atoms with Crippen LogP contribution in [0.1, 0.15) is 31.9 Å². The van der Waals surface area contributed by atoms with E-state index in [2.05, 4.69) is 24.1 Å². The lowest BCUT2D eigenvalue weighted by atomic mass is 10.1. The summed E-state index contributed by atoms with van der Waals surface area (Å²) in [6.45, 7) is 5.70. The standard InChI is InChI=1S/C11H18N2O2/c1-3-9-6-13-11(15-9)7-12-10-4-5-14-8(10)2/h6,8,10,12H,3-5,7H2,1-2H3. The predicted molar refractivity (Wildman–Crippen MR) is 56.5 cm³/mol. The van der Waals surface area contributed by atoms with Crippen molar-refractivity contribution in [2.45, 2.75) is 45.4 Å². The summed E-state index contributed by atoms with van der Waals surface area (Å²) < 4.78 is 11.0. The number of rotatable bonds is 4. The molecule has 0 radical (unpaired) electrons. The fourth-order valence-corrected chi connectivity index (χ4v) is 1.81. The van der Waals surface area contributed by atoms with Crippen molar-refractivity contribution in [3.05, 3.63) is 17.8 Å². The summed E-state index contributed by atoms with van der Waals surface area (Å²) in [7, 11) is 0. The lowest BCUT2D eigenvalue weighted by Gasteiger charge is -2.14. The molecule has 2 rings (SSSR count). The van der Waals surface area contributed by atoms with E-state index < -0.39 is 0 Å². The zero-order valence-electron chi connectivity index (χ0n) is 9.32. The average Bonchev–Trinajstić information content (AvgIpc) is 2.84. The summed E-state index contributed by atoms with van der Waals surface area (Å²) >= 11 is 0. The van der Waals surface area contributed by atoms with Crippen LogP contribution in [0.2, 0.25) is 0 Å². The normalized spacial score (nSPS) is 26.0. The Hall–Kier alpha value is -0.870. The second kappa shape index (κ2) is 4.77. The van der Waals surface area contributed by atoms with Gasteiger partial charge in [0, 0.05) is 19.1 Å². The van der Waals surface area contributed by atoms with Crippen LogP contribution in [0.3, 0.4) is 0 Å². The maximum atomic E-state index is 5.51. The Morgan fingerprint density at radius 3 is 3.07 bits per heavy atom. The minimum Gasteiger partial charge on any atom is -0.444 e. The molecule has 1 saturated heterocycles. The van der Waals surface area contributed by atoms with Gasteiger partial charge >= 0.3 is 0 Å². The molecule has 0 aliphatic carbocycles. The van der Waals surface area contributed by atoms with Crippen LogP contribution in [0.25, 0.3) is 0 Å². The zero-order chi connectivity index (χ0) is 10.7. The highest BCUT2D eigenvalue weighted by atomic mass is 16.5. The van der Waals surface area contributed by atoms with Gasteiger partial charge in [-0.15, -0.1) is 0 Å². The van der Waals surface area contributed by atoms with Crippen molar-refractivity contribution >= 4 is 0 Å². The van der Waals surface area contributed by atoms with Gasteiger partial charge in [0.1, 0.15) is 5.76 Å². The van der Waals surface area contributed by atoms with E-state index in [0.29, 0.717) is 18.7 Å². The van der Waals surface area contributed by atoms with Crippen molar-refractivity contribution in [2.24, 2.45) is 0 Å². The molecular weight excluding hydrogens is 192 g/mol. The minimum atomic E-state index is 0.297. The first-order valence-corrected chi connectivity index (χ1v) is 5.58. The summed E-state index contributed by atoms with van der Waals surface area (Å²) in [5.74, 6) is 1.72. The molecule has 1 fully saturated rings. The van der Waals surface area contributed by atoms with Crippen LogP contribution in [0.4, 0.5) is 0 Å². The molecule has 2 atom stereocenters. The number of ether oxygens (including phenoxy) is 1. The minimum absolute atomic E-state index is 0.297. The molecule has 4 heteroatoms. The van der Waals surface area contributed by atoms with E-state index in [9.17, 15) is 0 Å². The predicted octanol–water partition coefficient (Wildman–Crippen LogP) is 1.50. The molecule has 15 heavy (non-hydrogen) atoms. The quantitative estimate of drug-likeness (QED) is 0.818. The van der Waals surface area contributed by atoms with Gasteiger partial charge in [0.05, 0.1) is 18.8 Å². The highest BCUT2D eigenvalue weighted by Crippen LogP contribution is 2.13. The third-order valence-corrected chi connectivity index (χ3v) is 2.84. The van der Waals surface area contributed by atoms with Crippen molar-refractivity contribution in [3.63, 3.8) is 0 Å². The first kappa shape index (κ1) is 10.6. The molecule has 1 N–H and O–H groups in total. The SMILES string of the molecule is CCc1cnc(CNC2CCOC2C)o1. The summed E-state index contributed by atoms with van der Waals surface area (Å²) in [4.78, 5) is 4.20. The fourth-order valence-electron chi connectivity index (χ4n) is 1.81. The third-order valence-electron chi connectivity index (χ3n) is 2.84. The van der Waals surface area contributed by atoms with E-state index in [1.165, 1.54) is 0 Å². The van der Waals surface area contributed by atoms with Crippen LogP contribution in [-0.4, -0.2) is 23.7 Å². The lowest BCUT2D eigenvalue weighted by Crippen LogP contribution is -2.34. The van der Waals surface area contributed by atoms with E-state index >= 15 is 0 Å². The summed E-state index contributed by atoms with van der Waals surface area (Å²) in [5, 5.41) is 3.40. The van der Waals surface area contributed by atoms with Gasteiger partial charge in [0.2, 0.25) is 5.89 Å². The highest BCUT2D eigenvalue weighted by molar-refractivity contribution is 4.94. The fraction of sp³-hybridized carbons (Fsp3) is 0.727. The first-order chi connectivity index (χ1) is 7.29. The van der Waals surface area contributed by atoms with Gasteiger partial charge in [-0.1, -0.05) is 6.92 Å². The summed E-state index contributed by atoms with van der Waals surface area (Å²) in [6, 6.07) is 0.432. The Bertz CT molecular complexity index is 311. The van der Waals surface area contributed by atoms with E-state index in [0.717, 1.165) is 31.1 Å². The second-order valence-electron chi connectivity index (χ2n) is 3.93. The van der Waals surface area contributed by atoms with E-state index in [1.807, 2.05) is 0 Å². The van der Waals surface area contributed by atoms with Crippen molar-refractivity contribution < 1.29 is 9.15 Å². The topological polar surface area (TPSA) is 47.3 Å². The Morgan fingerprint density at radius 1 is 1.60 bits per heavy atom. The number of nitrogens with zero attached hydrogens (tertiary/aromatic N) is 1. The first-order valence-electron chi connectivity index (χ1n) is 5.58. The number of hydrogen-bond donors (Lipinski definition) is 1. The lowest BCUT2D eigenvalue weighted by molar-refractivity contribution is 0.112. The van der Waals surface area contributed by atoms with E-state index in [1.54, 1.807) is 6.20 Å². The molecule has 1 aliphatic rings. The third kappa shape index (κ3) is 2.58. The van der Waals surface area contributed by atoms with Crippen molar-refractivity contribution in [1.82, 2.24) is 10.3 Å². The van der Waals surface area contributed by atoms with E-state index in [-0.39, 0.29) is 0 Å². The molecule has 0 aromatic carbocycles. The van der Waals surface area contributed by atoms with Crippen molar-refractivity contribution in [3.8, 4) is 0 Å². The van der Waals surface area contributed by atoms with Gasteiger partial charge in [-0.2, -0.15) is 0 Å². The number of aromatic nitrogens is 1. The molecule has 0 amide bonds. The maximum Gasteiger partial charge on any atom is 0.208 e. The molecular formula is C11H18N2O2. The summed E-state index contributed by atoms with van der Waals surface area (Å²) in [5.41, 5.74) is 0. The Balaban J connectivity index is 1.82. The molecule has 1 aromatic heterocycles. The Morgan fingerprint density at radius 2 is 2.47 bits per heavy atom. The molecule has 2 unspecified atom stereocenters. The number of aryl methyl sites for hydroxylation is 1. The molecule has 1 aromatic rings. The largest absolute Gasteiger partial charge is 0.444 e. The Kier molecular flexibility index (Phi) is 3.38. The van der Waals surface area contributed by atoms with Gasteiger partial charge in [-0.25, -0.2) is 4.98 Å². The monoisotopic (exact) mass is 210 g/mol. The molecule has 4 nitrogen and oxygen atoms in total. The van der Waals surface area contributed by atoms with Crippen molar-refractivity contribution in [2.75, 3.05) is 6.61 Å². The number of hydrogen-bond acceptors (Lipinski definition) is 4. The van der Waals surface area contributed by atoms with Crippen LogP contribution in [0.5, 0.6) is 0 Å². The second-order valence-corrected chi connectivity index (χ2v) is 3.93. The van der Waals surface area contributed by atoms with Gasteiger partial charge in [0.15, 0.2) is 0 Å². The van der Waals surface area contributed by atoms with Gasteiger partial charge < -0.3 is 14.5 Å². The summed E-state index contributed by atoms with van der Waals surface area (Å²) in [6.07, 6.45) is 4.06. The van der Waals surface area contributed by atoms with Crippen LogP contribution >= 0.6 is 0 Å². The van der Waals surface area contributed by atoms with Gasteiger partial charge in [-0.05, 0) is 13.3 Å². The van der Waals surface area contributed by atoms with Crippen LogP contribution in [0.15, 0.2) is 10.6 Å². The molecule has 0 spiro atoms. The Labute approximate surface area is 90.0 Å². The van der Waals surface area contributed by atoms with Gasteiger partial charge in [-0.3, -0.25) is 0 Å². The molecule has 1 aliphatic heterocycles. The van der Waals surface area contributed by atoms with Crippen LogP contribution < -0.4 is 5.32 Å². The molecule has 0 bridgehead atoms. The average molecular weight is 210 g/mol. The smallest absolute Gasteiger partial charge is 0.208 e. The number of nitrogens with one attached hydrogen (secondary N) is 1.